The maximum absolute atomic E-state index is 13.6. The standard InChI is InChI=1S/C22H19F4N3O5S/c1-28(2)35(31,32)16-7-4-6-15(13-16)29(34-18-10-9-14(23)12-19(18)33-3)21(30)17-8-5-11-27-20(17)22(24,25)26/h4-13H,1-3H3. The van der Waals surface area contributed by atoms with Gasteiger partial charge >= 0.3 is 6.18 Å². The predicted molar refractivity (Wildman–Crippen MR) is 117 cm³/mol. The number of hydrogen-bond donors (Lipinski definition) is 0. The Morgan fingerprint density at radius 3 is 2.34 bits per heavy atom. The summed E-state index contributed by atoms with van der Waals surface area (Å²) < 4.78 is 85.4. The number of amides is 1. The number of hydrogen-bond acceptors (Lipinski definition) is 6. The molecule has 0 unspecified atom stereocenters. The highest BCUT2D eigenvalue weighted by atomic mass is 32.2. The van der Waals surface area contributed by atoms with Gasteiger partial charge in [0.2, 0.25) is 10.0 Å². The molecule has 3 rings (SSSR count). The fourth-order valence-corrected chi connectivity index (χ4v) is 3.86. The molecule has 0 N–H and O–H groups in total. The molecule has 1 amide bonds. The van der Waals surface area contributed by atoms with E-state index in [4.69, 9.17) is 9.57 Å². The van der Waals surface area contributed by atoms with Crippen molar-refractivity contribution in [3.8, 4) is 11.5 Å². The Balaban J connectivity index is 2.20. The highest BCUT2D eigenvalue weighted by Crippen LogP contribution is 2.34. The van der Waals surface area contributed by atoms with E-state index in [1.165, 1.54) is 39.4 Å². The van der Waals surface area contributed by atoms with Gasteiger partial charge in [-0.15, -0.1) is 5.06 Å². The quantitative estimate of drug-likeness (QED) is 0.349. The van der Waals surface area contributed by atoms with Crippen LogP contribution in [0, 0.1) is 5.82 Å². The molecule has 186 valence electrons. The summed E-state index contributed by atoms with van der Waals surface area (Å²) in [6, 6.07) is 9.88. The number of sulfonamides is 1. The normalized spacial score (nSPS) is 11.9. The summed E-state index contributed by atoms with van der Waals surface area (Å²) in [6.07, 6.45) is -4.10. The Kier molecular flexibility index (Phi) is 7.31. The molecular formula is C22H19F4N3O5S. The lowest BCUT2D eigenvalue weighted by Gasteiger charge is -2.25. The molecular weight excluding hydrogens is 494 g/mol. The Morgan fingerprint density at radius 2 is 1.71 bits per heavy atom. The number of benzene rings is 2. The molecule has 0 saturated heterocycles. The van der Waals surface area contributed by atoms with Crippen LogP contribution in [0.5, 0.6) is 11.5 Å². The van der Waals surface area contributed by atoms with Crippen LogP contribution < -0.4 is 14.6 Å². The molecule has 8 nitrogen and oxygen atoms in total. The first kappa shape index (κ1) is 25.9. The number of aromatic nitrogens is 1. The van der Waals surface area contributed by atoms with Crippen LogP contribution in [0.3, 0.4) is 0 Å². The van der Waals surface area contributed by atoms with Gasteiger partial charge in [-0.25, -0.2) is 17.1 Å². The summed E-state index contributed by atoms with van der Waals surface area (Å²) in [6.45, 7) is 0. The van der Waals surface area contributed by atoms with Gasteiger partial charge in [0.25, 0.3) is 5.91 Å². The Morgan fingerprint density at radius 1 is 1.00 bits per heavy atom. The number of methoxy groups -OCH3 is 1. The van der Waals surface area contributed by atoms with Crippen molar-refractivity contribution in [1.29, 1.82) is 0 Å². The molecule has 3 aromatic rings. The van der Waals surface area contributed by atoms with Crippen LogP contribution in [0.25, 0.3) is 0 Å². The summed E-state index contributed by atoms with van der Waals surface area (Å²) in [7, 11) is -0.202. The number of ether oxygens (including phenoxy) is 1. The fraction of sp³-hybridized carbons (Fsp3) is 0.182. The number of alkyl halides is 3. The van der Waals surface area contributed by atoms with Crippen molar-refractivity contribution in [3.05, 3.63) is 77.9 Å². The van der Waals surface area contributed by atoms with Gasteiger partial charge in [-0.1, -0.05) is 6.07 Å². The van der Waals surface area contributed by atoms with E-state index in [2.05, 4.69) is 4.98 Å². The first-order chi connectivity index (χ1) is 16.4. The summed E-state index contributed by atoms with van der Waals surface area (Å²) in [5.74, 6) is -2.39. The molecule has 35 heavy (non-hydrogen) atoms. The highest BCUT2D eigenvalue weighted by Gasteiger charge is 2.39. The molecule has 0 spiro atoms. The average Bonchev–Trinajstić information content (AvgIpc) is 2.82. The zero-order valence-corrected chi connectivity index (χ0v) is 19.4. The molecule has 13 heteroatoms. The van der Waals surface area contributed by atoms with Crippen LogP contribution in [0.15, 0.2) is 65.7 Å². The van der Waals surface area contributed by atoms with Crippen LogP contribution in [-0.2, 0) is 16.2 Å². The number of hydroxylamine groups is 1. The molecule has 0 saturated carbocycles. The van der Waals surface area contributed by atoms with Crippen LogP contribution in [0.1, 0.15) is 16.1 Å². The van der Waals surface area contributed by atoms with Crippen LogP contribution in [0.2, 0.25) is 0 Å². The topological polar surface area (TPSA) is 89.0 Å². The van der Waals surface area contributed by atoms with Crippen molar-refractivity contribution >= 4 is 21.6 Å². The molecule has 0 fully saturated rings. The third-order valence-electron chi connectivity index (χ3n) is 4.64. The zero-order chi connectivity index (χ0) is 26.0. The first-order valence-corrected chi connectivity index (χ1v) is 11.2. The molecule has 1 aromatic heterocycles. The van der Waals surface area contributed by atoms with Gasteiger partial charge in [0.15, 0.2) is 17.2 Å². The van der Waals surface area contributed by atoms with E-state index in [0.29, 0.717) is 5.06 Å². The fourth-order valence-electron chi connectivity index (χ4n) is 2.92. The third-order valence-corrected chi connectivity index (χ3v) is 6.45. The highest BCUT2D eigenvalue weighted by molar-refractivity contribution is 7.89. The summed E-state index contributed by atoms with van der Waals surface area (Å²) in [4.78, 5) is 22.0. The van der Waals surface area contributed by atoms with Crippen molar-refractivity contribution in [2.75, 3.05) is 26.3 Å². The smallest absolute Gasteiger partial charge is 0.434 e. The third kappa shape index (κ3) is 5.52. The van der Waals surface area contributed by atoms with E-state index in [0.717, 1.165) is 46.9 Å². The first-order valence-electron chi connectivity index (χ1n) is 9.77. The molecule has 0 bridgehead atoms. The van der Waals surface area contributed by atoms with Crippen LogP contribution in [-0.4, -0.2) is 44.8 Å². The molecule has 0 radical (unpaired) electrons. The van der Waals surface area contributed by atoms with Gasteiger partial charge in [-0.2, -0.15) is 13.2 Å². The monoisotopic (exact) mass is 513 g/mol. The van der Waals surface area contributed by atoms with E-state index < -0.39 is 39.2 Å². The van der Waals surface area contributed by atoms with Gasteiger partial charge < -0.3 is 9.57 Å². The number of rotatable bonds is 7. The Labute approximate surface area is 198 Å². The minimum atomic E-state index is -4.97. The molecule has 1 heterocycles. The minimum Gasteiger partial charge on any atom is -0.493 e. The number of carbonyl (C=O) groups is 1. The van der Waals surface area contributed by atoms with Crippen molar-refractivity contribution in [1.82, 2.24) is 9.29 Å². The maximum Gasteiger partial charge on any atom is 0.434 e. The maximum atomic E-state index is 13.6. The van der Waals surface area contributed by atoms with E-state index >= 15 is 0 Å². The van der Waals surface area contributed by atoms with Crippen LogP contribution >= 0.6 is 0 Å². The van der Waals surface area contributed by atoms with E-state index in [1.54, 1.807) is 0 Å². The number of nitrogens with zero attached hydrogens (tertiary/aromatic N) is 3. The Bertz CT molecular complexity index is 1350. The SMILES string of the molecule is COc1cc(F)ccc1ON(C(=O)c1cccnc1C(F)(F)F)c1cccc(S(=O)(=O)N(C)C)c1. The number of pyridine rings is 1. The number of carbonyl (C=O) groups excluding carboxylic acids is 1. The van der Waals surface area contributed by atoms with Crippen molar-refractivity contribution < 1.29 is 40.3 Å². The van der Waals surface area contributed by atoms with Gasteiger partial charge in [0.05, 0.1) is 23.3 Å². The zero-order valence-electron chi connectivity index (χ0n) is 18.6. The molecule has 0 atom stereocenters. The largest absolute Gasteiger partial charge is 0.493 e. The van der Waals surface area contributed by atoms with E-state index in [9.17, 15) is 30.8 Å². The molecule has 0 aliphatic rings. The second kappa shape index (κ2) is 9.88. The number of halogens is 4. The Hall–Kier alpha value is -3.71. The lowest BCUT2D eigenvalue weighted by Crippen LogP contribution is -2.36. The summed E-state index contributed by atoms with van der Waals surface area (Å²) >= 11 is 0. The van der Waals surface area contributed by atoms with Crippen molar-refractivity contribution in [2.45, 2.75) is 11.1 Å². The summed E-state index contributed by atoms with van der Waals surface area (Å²) in [5.41, 5.74) is -2.55. The number of anilines is 1. The average molecular weight is 513 g/mol. The van der Waals surface area contributed by atoms with Crippen molar-refractivity contribution in [2.24, 2.45) is 0 Å². The van der Waals surface area contributed by atoms with Gasteiger partial charge in [0, 0.05) is 26.4 Å². The predicted octanol–water partition coefficient (Wildman–Crippen LogP) is 4.14. The second-order valence-corrected chi connectivity index (χ2v) is 9.32. The molecule has 2 aromatic carbocycles. The van der Waals surface area contributed by atoms with Gasteiger partial charge in [0.1, 0.15) is 5.82 Å². The second-order valence-electron chi connectivity index (χ2n) is 7.17. The lowest BCUT2D eigenvalue weighted by atomic mass is 10.1. The minimum absolute atomic E-state index is 0.165. The molecule has 0 aliphatic carbocycles. The van der Waals surface area contributed by atoms with Gasteiger partial charge in [-0.3, -0.25) is 9.78 Å². The van der Waals surface area contributed by atoms with E-state index in [-0.39, 0.29) is 22.1 Å². The van der Waals surface area contributed by atoms with Gasteiger partial charge in [-0.05, 0) is 42.5 Å². The molecule has 0 aliphatic heterocycles. The van der Waals surface area contributed by atoms with E-state index in [1.807, 2.05) is 0 Å². The van der Waals surface area contributed by atoms with Crippen LogP contribution in [0.4, 0.5) is 23.2 Å². The lowest BCUT2D eigenvalue weighted by molar-refractivity contribution is -0.141. The van der Waals surface area contributed by atoms with Crippen molar-refractivity contribution in [3.63, 3.8) is 0 Å². The summed E-state index contributed by atoms with van der Waals surface area (Å²) in [5, 5.41) is 0.455.